The lowest BCUT2D eigenvalue weighted by atomic mass is 10.4. The molecule has 0 aromatic rings. The van der Waals surface area contributed by atoms with E-state index in [2.05, 4.69) is 10.5 Å². The average Bonchev–Trinajstić information content (AvgIpc) is 2.51. The van der Waals surface area contributed by atoms with Crippen molar-refractivity contribution in [1.29, 1.82) is 0 Å². The van der Waals surface area contributed by atoms with Crippen LogP contribution in [0.1, 0.15) is 19.8 Å². The summed E-state index contributed by atoms with van der Waals surface area (Å²) in [6, 6.07) is 0. The van der Waals surface area contributed by atoms with Crippen LogP contribution in [0.3, 0.4) is 0 Å². The molecule has 4 nitrogen and oxygen atoms in total. The molecule has 14 heavy (non-hydrogen) atoms. The number of hydrogen-bond acceptors (Lipinski definition) is 3. The van der Waals surface area contributed by atoms with Crippen molar-refractivity contribution in [2.45, 2.75) is 19.8 Å². The summed E-state index contributed by atoms with van der Waals surface area (Å²) < 4.78 is 4.52. The number of esters is 1. The van der Waals surface area contributed by atoms with Gasteiger partial charge in [-0.2, -0.15) is 0 Å². The third-order valence-electron chi connectivity index (χ3n) is 1.89. The number of amides is 1. The molecule has 76 valence electrons. The number of carbonyl (C=O) groups is 2. The van der Waals surface area contributed by atoms with Crippen LogP contribution in [0.25, 0.3) is 0 Å². The zero-order valence-electron chi connectivity index (χ0n) is 8.16. The smallest absolute Gasteiger partial charge is 0.308 e. The monoisotopic (exact) mass is 195 g/mol. The number of hydrogen-bond donors (Lipinski definition) is 0. The molecule has 0 atom stereocenters. The van der Waals surface area contributed by atoms with E-state index in [1.807, 2.05) is 0 Å². The summed E-state index contributed by atoms with van der Waals surface area (Å²) in [4.78, 5) is 23.2. The van der Waals surface area contributed by atoms with Crippen LogP contribution in [0.15, 0.2) is 18.1 Å². The number of carbonyl (C=O) groups excluding carboxylic acids is 2. The first kappa shape index (κ1) is 10.5. The standard InChI is InChI=1S/C10H13NO3/c1-9(12)14-8-3-2-6-11-7-4-5-10(11)13/h2,8H,4-7H2,1H3. The van der Waals surface area contributed by atoms with Crippen LogP contribution in [0.4, 0.5) is 0 Å². The van der Waals surface area contributed by atoms with Gasteiger partial charge in [0, 0.05) is 26.4 Å². The van der Waals surface area contributed by atoms with Crippen molar-refractivity contribution in [2.75, 3.05) is 13.1 Å². The fourth-order valence-corrected chi connectivity index (χ4v) is 1.23. The fourth-order valence-electron chi connectivity index (χ4n) is 1.23. The molecule has 1 aliphatic heterocycles. The molecule has 1 heterocycles. The van der Waals surface area contributed by atoms with E-state index in [1.54, 1.807) is 11.0 Å². The van der Waals surface area contributed by atoms with Gasteiger partial charge in [0.15, 0.2) is 0 Å². The van der Waals surface area contributed by atoms with Gasteiger partial charge in [0.25, 0.3) is 0 Å². The molecule has 0 radical (unpaired) electrons. The lowest BCUT2D eigenvalue weighted by Gasteiger charge is -2.10. The number of rotatable bonds is 3. The Kier molecular flexibility index (Phi) is 3.95. The van der Waals surface area contributed by atoms with Crippen molar-refractivity contribution >= 4 is 11.9 Å². The normalized spacial score (nSPS) is 14.9. The van der Waals surface area contributed by atoms with E-state index < -0.39 is 0 Å². The van der Waals surface area contributed by atoms with Gasteiger partial charge < -0.3 is 9.64 Å². The molecule has 1 saturated heterocycles. The predicted molar refractivity (Wildman–Crippen MR) is 50.2 cm³/mol. The molecule has 1 rings (SSSR count). The first-order chi connectivity index (χ1) is 6.70. The van der Waals surface area contributed by atoms with E-state index in [0.29, 0.717) is 13.0 Å². The summed E-state index contributed by atoms with van der Waals surface area (Å²) >= 11 is 0. The van der Waals surface area contributed by atoms with Gasteiger partial charge in [-0.15, -0.1) is 0 Å². The Balaban J connectivity index is 2.28. The molecule has 0 aliphatic carbocycles. The summed E-state index contributed by atoms with van der Waals surface area (Å²) in [6.45, 7) is 2.67. The molecule has 0 aromatic heterocycles. The van der Waals surface area contributed by atoms with Crippen molar-refractivity contribution < 1.29 is 14.3 Å². The zero-order chi connectivity index (χ0) is 10.4. The zero-order valence-corrected chi connectivity index (χ0v) is 8.16. The van der Waals surface area contributed by atoms with Crippen molar-refractivity contribution in [3.63, 3.8) is 0 Å². The SMILES string of the molecule is CC(=O)OC=C=CCN1CCCC1=O. The molecular weight excluding hydrogens is 182 g/mol. The number of likely N-dealkylation sites (tertiary alicyclic amines) is 1. The van der Waals surface area contributed by atoms with Crippen LogP contribution in [0.5, 0.6) is 0 Å². The van der Waals surface area contributed by atoms with E-state index >= 15 is 0 Å². The van der Waals surface area contributed by atoms with E-state index in [0.717, 1.165) is 13.0 Å². The van der Waals surface area contributed by atoms with Gasteiger partial charge in [-0.1, -0.05) is 5.73 Å². The summed E-state index contributed by atoms with van der Waals surface area (Å²) in [5.74, 6) is -0.196. The maximum atomic E-state index is 11.1. The molecule has 1 fully saturated rings. The van der Waals surface area contributed by atoms with Crippen molar-refractivity contribution in [1.82, 2.24) is 4.90 Å². The van der Waals surface area contributed by atoms with Crippen LogP contribution in [0, 0.1) is 0 Å². The molecule has 1 aliphatic rings. The summed E-state index contributed by atoms with van der Waals surface area (Å²) in [5.41, 5.74) is 2.68. The Morgan fingerprint density at radius 2 is 2.50 bits per heavy atom. The molecule has 0 bridgehead atoms. The minimum Gasteiger partial charge on any atom is -0.426 e. The summed E-state index contributed by atoms with van der Waals surface area (Å²) in [7, 11) is 0. The van der Waals surface area contributed by atoms with E-state index in [1.165, 1.54) is 13.2 Å². The number of ether oxygens (including phenoxy) is 1. The van der Waals surface area contributed by atoms with Crippen molar-refractivity contribution in [2.24, 2.45) is 0 Å². The second-order valence-electron chi connectivity index (χ2n) is 3.04. The molecule has 0 saturated carbocycles. The van der Waals surface area contributed by atoms with Crippen LogP contribution in [-0.2, 0) is 14.3 Å². The summed E-state index contributed by atoms with van der Waals surface area (Å²) in [5, 5.41) is 0. The van der Waals surface area contributed by atoms with Gasteiger partial charge in [0.05, 0.1) is 0 Å². The van der Waals surface area contributed by atoms with Crippen LogP contribution >= 0.6 is 0 Å². The molecule has 0 aromatic carbocycles. The molecule has 1 amide bonds. The maximum Gasteiger partial charge on any atom is 0.308 e. The second kappa shape index (κ2) is 5.25. The highest BCUT2D eigenvalue weighted by atomic mass is 16.5. The highest BCUT2D eigenvalue weighted by Gasteiger charge is 2.17. The van der Waals surface area contributed by atoms with Crippen molar-refractivity contribution in [3.8, 4) is 0 Å². The van der Waals surface area contributed by atoms with E-state index in [-0.39, 0.29) is 11.9 Å². The molecule has 0 N–H and O–H groups in total. The summed E-state index contributed by atoms with van der Waals surface area (Å²) in [6.07, 6.45) is 4.44. The van der Waals surface area contributed by atoms with E-state index in [9.17, 15) is 9.59 Å². The first-order valence-corrected chi connectivity index (χ1v) is 4.54. The predicted octanol–water partition coefficient (Wildman–Crippen LogP) is 0.841. The van der Waals surface area contributed by atoms with Crippen molar-refractivity contribution in [3.05, 3.63) is 18.1 Å². The van der Waals surface area contributed by atoms with Gasteiger partial charge in [-0.25, -0.2) is 0 Å². The highest BCUT2D eigenvalue weighted by Crippen LogP contribution is 2.08. The number of nitrogens with zero attached hydrogens (tertiary/aromatic N) is 1. The largest absolute Gasteiger partial charge is 0.426 e. The minimum absolute atomic E-state index is 0.176. The van der Waals surface area contributed by atoms with Crippen LogP contribution in [-0.4, -0.2) is 29.9 Å². The van der Waals surface area contributed by atoms with E-state index in [4.69, 9.17) is 0 Å². The second-order valence-corrected chi connectivity index (χ2v) is 3.04. The Labute approximate surface area is 82.8 Å². The third kappa shape index (κ3) is 3.46. The van der Waals surface area contributed by atoms with Crippen LogP contribution < -0.4 is 0 Å². The van der Waals surface area contributed by atoms with Gasteiger partial charge in [-0.3, -0.25) is 9.59 Å². The Morgan fingerprint density at radius 1 is 1.71 bits per heavy atom. The lowest BCUT2D eigenvalue weighted by molar-refractivity contribution is -0.135. The Hall–Kier alpha value is -1.54. The minimum atomic E-state index is -0.372. The topological polar surface area (TPSA) is 46.6 Å². The molecule has 4 heteroatoms. The van der Waals surface area contributed by atoms with Crippen LogP contribution in [0.2, 0.25) is 0 Å². The molecule has 0 unspecified atom stereocenters. The molecular formula is C10H13NO3. The fraction of sp³-hybridized carbons (Fsp3) is 0.500. The maximum absolute atomic E-state index is 11.1. The van der Waals surface area contributed by atoms with Gasteiger partial charge in [-0.05, 0) is 12.5 Å². The Morgan fingerprint density at radius 3 is 3.07 bits per heavy atom. The lowest BCUT2D eigenvalue weighted by Crippen LogP contribution is -2.24. The third-order valence-corrected chi connectivity index (χ3v) is 1.89. The molecule has 0 spiro atoms. The van der Waals surface area contributed by atoms with Gasteiger partial charge >= 0.3 is 5.97 Å². The van der Waals surface area contributed by atoms with Gasteiger partial charge in [0.2, 0.25) is 5.91 Å². The quantitative estimate of drug-likeness (QED) is 0.381. The van der Waals surface area contributed by atoms with Gasteiger partial charge in [0.1, 0.15) is 6.26 Å². The first-order valence-electron chi connectivity index (χ1n) is 4.54. The average molecular weight is 195 g/mol. The highest BCUT2D eigenvalue weighted by molar-refractivity contribution is 5.78. The Bertz CT molecular complexity index is 290.